The topological polar surface area (TPSA) is 41.5 Å². The monoisotopic (exact) mass is 246 g/mol. The van der Waals surface area contributed by atoms with Crippen LogP contribution in [0.25, 0.3) is 0 Å². The maximum Gasteiger partial charge on any atom is 0.243 e. The summed E-state index contributed by atoms with van der Waals surface area (Å²) in [5, 5.41) is 4.19. The van der Waals surface area contributed by atoms with E-state index < -0.39 is 0 Å². The quantitative estimate of drug-likeness (QED) is 0.464. The third-order valence-electron chi connectivity index (χ3n) is 4.75. The number of carbonyl (C=O) groups excluding carboxylic acids is 1. The van der Waals surface area contributed by atoms with E-state index in [9.17, 15) is 4.79 Å². The summed E-state index contributed by atoms with van der Waals surface area (Å²) >= 11 is 0. The number of nitrogens with zero attached hydrogens (tertiary/aromatic N) is 1. The lowest BCUT2D eigenvalue weighted by Gasteiger charge is -2.19. The number of fused-ring (bicyclic) bond motifs is 2. The zero-order valence-electron chi connectivity index (χ0n) is 10.8. The Labute approximate surface area is 109 Å². The summed E-state index contributed by atoms with van der Waals surface area (Å²) in [6.07, 6.45) is 14.9. The summed E-state index contributed by atoms with van der Waals surface area (Å²) in [5.74, 6) is 2.32. The summed E-state index contributed by atoms with van der Waals surface area (Å²) in [4.78, 5) is 11.9. The van der Waals surface area contributed by atoms with Crippen LogP contribution in [-0.2, 0) is 4.79 Å². The van der Waals surface area contributed by atoms with E-state index in [4.69, 9.17) is 0 Å². The molecule has 3 aliphatic carbocycles. The minimum Gasteiger partial charge on any atom is -0.273 e. The number of allylic oxidation sites excluding steroid dienone is 2. The normalized spacial score (nSPS) is 35.4. The van der Waals surface area contributed by atoms with Crippen LogP contribution in [-0.4, -0.2) is 12.1 Å². The molecule has 2 saturated carbocycles. The van der Waals surface area contributed by atoms with Crippen LogP contribution in [0.15, 0.2) is 17.3 Å². The zero-order chi connectivity index (χ0) is 12.4. The van der Waals surface area contributed by atoms with E-state index in [2.05, 4.69) is 22.7 Å². The standard InChI is InChI=1S/C15H22N2O/c18-15(12-4-2-1-3-5-12)17-16-10-14-9-11-6-7-13(14)8-11/h6-7,10-14H,1-5,8-9H2,(H,17,18)/b16-10-/t11-,13-,14+/m1/s1. The van der Waals surface area contributed by atoms with Crippen molar-refractivity contribution in [3.63, 3.8) is 0 Å². The Hall–Kier alpha value is -1.12. The molecule has 0 aliphatic heterocycles. The predicted molar refractivity (Wildman–Crippen MR) is 72.1 cm³/mol. The fraction of sp³-hybridized carbons (Fsp3) is 0.733. The van der Waals surface area contributed by atoms with Crippen molar-refractivity contribution in [1.82, 2.24) is 5.43 Å². The molecule has 0 aromatic rings. The van der Waals surface area contributed by atoms with Crippen LogP contribution < -0.4 is 5.43 Å². The minimum absolute atomic E-state index is 0.129. The summed E-state index contributed by atoms with van der Waals surface area (Å²) in [5.41, 5.74) is 2.75. The second-order valence-electron chi connectivity index (χ2n) is 6.03. The van der Waals surface area contributed by atoms with E-state index >= 15 is 0 Å². The highest BCUT2D eigenvalue weighted by Crippen LogP contribution is 2.42. The second-order valence-corrected chi connectivity index (χ2v) is 6.03. The molecule has 3 atom stereocenters. The van der Waals surface area contributed by atoms with Crippen LogP contribution >= 0.6 is 0 Å². The summed E-state index contributed by atoms with van der Waals surface area (Å²) < 4.78 is 0. The van der Waals surface area contributed by atoms with Gasteiger partial charge in [0.1, 0.15) is 0 Å². The van der Waals surface area contributed by atoms with E-state index in [1.54, 1.807) is 0 Å². The van der Waals surface area contributed by atoms with Gasteiger partial charge in [-0.05, 0) is 37.5 Å². The highest BCUT2D eigenvalue weighted by atomic mass is 16.2. The third-order valence-corrected chi connectivity index (χ3v) is 4.75. The lowest BCUT2D eigenvalue weighted by Crippen LogP contribution is -2.28. The molecule has 3 aliphatic rings. The Kier molecular flexibility index (Phi) is 3.48. The molecular weight excluding hydrogens is 224 g/mol. The van der Waals surface area contributed by atoms with Crippen LogP contribution in [0.5, 0.6) is 0 Å². The molecule has 0 aromatic heterocycles. The summed E-state index contributed by atoms with van der Waals surface area (Å²) in [7, 11) is 0. The fourth-order valence-corrected chi connectivity index (χ4v) is 3.65. The number of nitrogens with one attached hydrogen (secondary N) is 1. The molecule has 18 heavy (non-hydrogen) atoms. The Balaban J connectivity index is 1.46. The molecule has 3 nitrogen and oxygen atoms in total. The molecule has 2 bridgehead atoms. The molecule has 0 aromatic carbocycles. The zero-order valence-corrected chi connectivity index (χ0v) is 10.8. The van der Waals surface area contributed by atoms with Gasteiger partial charge in [-0.1, -0.05) is 31.4 Å². The second kappa shape index (κ2) is 5.25. The molecule has 0 spiro atoms. The van der Waals surface area contributed by atoms with Crippen molar-refractivity contribution in [3.8, 4) is 0 Å². The lowest BCUT2D eigenvalue weighted by atomic mass is 9.89. The molecule has 0 heterocycles. The van der Waals surface area contributed by atoms with E-state index in [1.807, 2.05) is 6.21 Å². The van der Waals surface area contributed by atoms with Gasteiger partial charge < -0.3 is 0 Å². The number of hydrazone groups is 1. The lowest BCUT2D eigenvalue weighted by molar-refractivity contribution is -0.125. The Bertz CT molecular complexity index is 369. The molecule has 1 N–H and O–H groups in total. The van der Waals surface area contributed by atoms with Gasteiger partial charge >= 0.3 is 0 Å². The fourth-order valence-electron chi connectivity index (χ4n) is 3.65. The van der Waals surface area contributed by atoms with E-state index in [0.717, 1.165) is 18.8 Å². The largest absolute Gasteiger partial charge is 0.273 e. The molecule has 0 saturated heterocycles. The minimum atomic E-state index is 0.129. The molecule has 3 rings (SSSR count). The van der Waals surface area contributed by atoms with Gasteiger partial charge in [0.15, 0.2) is 0 Å². The molecule has 2 fully saturated rings. The van der Waals surface area contributed by atoms with E-state index in [1.165, 1.54) is 32.1 Å². The van der Waals surface area contributed by atoms with Gasteiger partial charge in [-0.3, -0.25) is 4.79 Å². The SMILES string of the molecule is O=C(N/N=C\[C@@H]1C[C@@H]2C=C[C@@H]1C2)C1CCCCC1. The van der Waals surface area contributed by atoms with Crippen molar-refractivity contribution >= 4 is 12.1 Å². The van der Waals surface area contributed by atoms with Crippen LogP contribution in [0.4, 0.5) is 0 Å². The number of hydrogen-bond acceptors (Lipinski definition) is 2. The molecule has 1 amide bonds. The van der Waals surface area contributed by atoms with Crippen molar-refractivity contribution in [3.05, 3.63) is 12.2 Å². The summed E-state index contributed by atoms with van der Waals surface area (Å²) in [6.45, 7) is 0. The van der Waals surface area contributed by atoms with Gasteiger partial charge in [0.2, 0.25) is 5.91 Å². The first kappa shape index (κ1) is 11.9. The Morgan fingerprint density at radius 2 is 2.00 bits per heavy atom. The smallest absolute Gasteiger partial charge is 0.243 e. The van der Waals surface area contributed by atoms with Crippen LogP contribution in [0.2, 0.25) is 0 Å². The number of carbonyl (C=O) groups is 1. The van der Waals surface area contributed by atoms with Gasteiger partial charge in [0.05, 0.1) is 0 Å². The first-order valence-corrected chi connectivity index (χ1v) is 7.34. The Morgan fingerprint density at radius 3 is 2.67 bits per heavy atom. The highest BCUT2D eigenvalue weighted by Gasteiger charge is 2.34. The number of amides is 1. The Morgan fingerprint density at radius 1 is 1.17 bits per heavy atom. The summed E-state index contributed by atoms with van der Waals surface area (Å²) in [6, 6.07) is 0. The molecule has 3 heteroatoms. The van der Waals surface area contributed by atoms with E-state index in [0.29, 0.717) is 11.8 Å². The average molecular weight is 246 g/mol. The van der Waals surface area contributed by atoms with Crippen LogP contribution in [0.3, 0.4) is 0 Å². The van der Waals surface area contributed by atoms with Crippen molar-refractivity contribution in [1.29, 1.82) is 0 Å². The number of rotatable bonds is 3. The van der Waals surface area contributed by atoms with Gasteiger partial charge in [-0.15, -0.1) is 0 Å². The first-order chi connectivity index (χ1) is 8.83. The predicted octanol–water partition coefficient (Wildman–Crippen LogP) is 2.88. The molecular formula is C15H22N2O. The maximum absolute atomic E-state index is 11.9. The average Bonchev–Trinajstić information content (AvgIpc) is 3.02. The third kappa shape index (κ3) is 2.50. The van der Waals surface area contributed by atoms with Crippen molar-refractivity contribution < 1.29 is 4.79 Å². The van der Waals surface area contributed by atoms with Gasteiger partial charge in [0, 0.05) is 18.1 Å². The molecule has 0 radical (unpaired) electrons. The van der Waals surface area contributed by atoms with Crippen molar-refractivity contribution in [2.24, 2.45) is 28.8 Å². The molecule has 0 unspecified atom stereocenters. The van der Waals surface area contributed by atoms with Crippen molar-refractivity contribution in [2.45, 2.75) is 44.9 Å². The maximum atomic E-state index is 11.9. The number of hydrogen-bond donors (Lipinski definition) is 1. The van der Waals surface area contributed by atoms with Crippen molar-refractivity contribution in [2.75, 3.05) is 0 Å². The van der Waals surface area contributed by atoms with Crippen LogP contribution in [0.1, 0.15) is 44.9 Å². The van der Waals surface area contributed by atoms with Gasteiger partial charge in [-0.25, -0.2) is 5.43 Å². The van der Waals surface area contributed by atoms with E-state index in [-0.39, 0.29) is 11.8 Å². The van der Waals surface area contributed by atoms with Gasteiger partial charge in [-0.2, -0.15) is 5.10 Å². The van der Waals surface area contributed by atoms with Crippen LogP contribution in [0, 0.1) is 23.7 Å². The van der Waals surface area contributed by atoms with Gasteiger partial charge in [0.25, 0.3) is 0 Å². The highest BCUT2D eigenvalue weighted by molar-refractivity contribution is 5.79. The first-order valence-electron chi connectivity index (χ1n) is 7.34. The molecule has 98 valence electrons.